The number of carbonyl (C=O) groups excluding carboxylic acids is 1. The topological polar surface area (TPSA) is 42.8 Å². The Labute approximate surface area is 162 Å². The van der Waals surface area contributed by atoms with Crippen LogP contribution in [0.5, 0.6) is 5.75 Å². The first kappa shape index (κ1) is 19.9. The van der Waals surface area contributed by atoms with Crippen LogP contribution in [0.2, 0.25) is 15.1 Å². The summed E-state index contributed by atoms with van der Waals surface area (Å²) >= 11 is 17.8. The predicted molar refractivity (Wildman–Crippen MR) is 102 cm³/mol. The van der Waals surface area contributed by atoms with Gasteiger partial charge in [0, 0.05) is 11.6 Å². The third kappa shape index (κ3) is 5.79. The van der Waals surface area contributed by atoms with E-state index < -0.39 is 0 Å². The fourth-order valence-electron chi connectivity index (χ4n) is 2.37. The second-order valence-electron chi connectivity index (χ2n) is 5.83. The van der Waals surface area contributed by atoms with E-state index >= 15 is 0 Å². The van der Waals surface area contributed by atoms with Gasteiger partial charge >= 0.3 is 0 Å². The highest BCUT2D eigenvalue weighted by molar-refractivity contribution is 6.43. The van der Waals surface area contributed by atoms with Crippen LogP contribution >= 0.6 is 34.8 Å². The van der Waals surface area contributed by atoms with E-state index in [1.165, 1.54) is 17.0 Å². The molecule has 1 atom stereocenters. The highest BCUT2D eigenvalue weighted by atomic mass is 35.5. The molecule has 1 amide bonds. The van der Waals surface area contributed by atoms with Gasteiger partial charge in [0.15, 0.2) is 6.61 Å². The third-order valence-electron chi connectivity index (χ3n) is 3.74. The summed E-state index contributed by atoms with van der Waals surface area (Å²) in [5.74, 6) is 0.0911. The van der Waals surface area contributed by atoms with E-state index in [1.807, 2.05) is 18.2 Å². The molecule has 0 radical (unpaired) electrons. The Morgan fingerprint density at radius 1 is 1.08 bits per heavy atom. The Bertz CT molecular complexity index is 724. The summed E-state index contributed by atoms with van der Waals surface area (Å²) < 4.78 is 5.44. The first-order valence-corrected chi connectivity index (χ1v) is 8.91. The minimum Gasteiger partial charge on any atom is -0.482 e. The van der Waals surface area contributed by atoms with Crippen LogP contribution in [-0.4, -0.2) is 33.2 Å². The molecule has 134 valence electrons. The quantitative estimate of drug-likeness (QED) is 0.699. The molecule has 25 heavy (non-hydrogen) atoms. The van der Waals surface area contributed by atoms with Gasteiger partial charge in [-0.25, -0.2) is 0 Å². The van der Waals surface area contributed by atoms with Crippen LogP contribution in [0.4, 0.5) is 0 Å². The molecular weight excluding hydrogens is 383 g/mol. The molecule has 7 heteroatoms. The molecule has 0 aromatic heterocycles. The summed E-state index contributed by atoms with van der Waals surface area (Å²) in [6.07, 6.45) is 0. The number of quaternary nitrogens is 1. The van der Waals surface area contributed by atoms with Crippen molar-refractivity contribution in [1.29, 1.82) is 0 Å². The molecule has 0 spiro atoms. The fourth-order valence-corrected chi connectivity index (χ4v) is 2.96. The highest BCUT2D eigenvalue weighted by Crippen LogP contribution is 2.33. The van der Waals surface area contributed by atoms with Gasteiger partial charge in [0.1, 0.15) is 11.8 Å². The Morgan fingerprint density at radius 2 is 1.72 bits per heavy atom. The van der Waals surface area contributed by atoms with Crippen molar-refractivity contribution in [3.05, 3.63) is 63.1 Å². The number of benzene rings is 2. The minimum absolute atomic E-state index is 0.151. The van der Waals surface area contributed by atoms with Crippen molar-refractivity contribution in [3.8, 4) is 5.75 Å². The van der Waals surface area contributed by atoms with Gasteiger partial charge in [0.05, 0.1) is 35.7 Å². The molecule has 0 heterocycles. The lowest BCUT2D eigenvalue weighted by Gasteiger charge is -2.22. The van der Waals surface area contributed by atoms with Gasteiger partial charge in [-0.2, -0.15) is 0 Å². The van der Waals surface area contributed by atoms with Gasteiger partial charge in [0.2, 0.25) is 0 Å². The molecule has 0 saturated carbocycles. The SMILES string of the molecule is C[NH+](C)[C@@H](CNC(=O)COc1cc(Cl)c(Cl)cc1Cl)c1ccccc1. The van der Waals surface area contributed by atoms with Gasteiger partial charge in [-0.15, -0.1) is 0 Å². The van der Waals surface area contributed by atoms with Crippen LogP contribution in [0.15, 0.2) is 42.5 Å². The fraction of sp³-hybridized carbons (Fsp3) is 0.278. The summed E-state index contributed by atoms with van der Waals surface area (Å²) in [6, 6.07) is 13.2. The van der Waals surface area contributed by atoms with Gasteiger partial charge < -0.3 is 15.0 Å². The van der Waals surface area contributed by atoms with Crippen LogP contribution in [0, 0.1) is 0 Å². The monoisotopic (exact) mass is 401 g/mol. The van der Waals surface area contributed by atoms with Crippen molar-refractivity contribution >= 4 is 40.7 Å². The molecule has 0 aliphatic heterocycles. The smallest absolute Gasteiger partial charge is 0.258 e. The number of rotatable bonds is 7. The standard InChI is InChI=1S/C18H19Cl3N2O2/c1-23(2)16(12-6-4-3-5-7-12)10-22-18(24)11-25-17-9-14(20)13(19)8-15(17)21/h3-9,16H,10-11H2,1-2H3,(H,22,24)/p+1/t16-/m0/s1. The van der Waals surface area contributed by atoms with Crippen molar-refractivity contribution in [2.45, 2.75) is 6.04 Å². The zero-order chi connectivity index (χ0) is 18.4. The maximum atomic E-state index is 12.1. The highest BCUT2D eigenvalue weighted by Gasteiger charge is 2.18. The lowest BCUT2D eigenvalue weighted by molar-refractivity contribution is -0.890. The van der Waals surface area contributed by atoms with Gasteiger partial charge in [-0.05, 0) is 6.07 Å². The number of likely N-dealkylation sites (N-methyl/N-ethyl adjacent to an activating group) is 1. The molecule has 2 rings (SSSR count). The largest absolute Gasteiger partial charge is 0.482 e. The van der Waals surface area contributed by atoms with E-state index in [2.05, 4.69) is 31.5 Å². The van der Waals surface area contributed by atoms with Gasteiger partial charge in [-0.1, -0.05) is 65.1 Å². The summed E-state index contributed by atoms with van der Waals surface area (Å²) in [5, 5.41) is 3.86. The van der Waals surface area contributed by atoms with E-state index in [0.717, 1.165) is 5.56 Å². The average Bonchev–Trinajstić information content (AvgIpc) is 2.58. The van der Waals surface area contributed by atoms with Crippen LogP contribution in [-0.2, 0) is 4.79 Å². The molecular formula is C18H20Cl3N2O2+. The van der Waals surface area contributed by atoms with E-state index in [-0.39, 0.29) is 18.6 Å². The Morgan fingerprint density at radius 3 is 2.36 bits per heavy atom. The predicted octanol–water partition coefficient (Wildman–Crippen LogP) is 3.03. The number of nitrogens with one attached hydrogen (secondary N) is 2. The molecule has 0 unspecified atom stereocenters. The molecule has 0 bridgehead atoms. The second kappa shape index (κ2) is 9.30. The van der Waals surface area contributed by atoms with Crippen molar-refractivity contribution < 1.29 is 14.4 Å². The number of carbonyl (C=O) groups is 1. The third-order valence-corrected chi connectivity index (χ3v) is 4.75. The van der Waals surface area contributed by atoms with E-state index in [4.69, 9.17) is 39.5 Å². The normalized spacial score (nSPS) is 12.1. The van der Waals surface area contributed by atoms with Gasteiger partial charge in [-0.3, -0.25) is 4.79 Å². The maximum absolute atomic E-state index is 12.1. The summed E-state index contributed by atoms with van der Waals surface area (Å²) in [5.41, 5.74) is 1.16. The van der Waals surface area contributed by atoms with Crippen LogP contribution in [0.25, 0.3) is 0 Å². The molecule has 0 saturated heterocycles. The minimum atomic E-state index is -0.232. The van der Waals surface area contributed by atoms with Crippen LogP contribution in [0.1, 0.15) is 11.6 Å². The summed E-state index contributed by atoms with van der Waals surface area (Å²) in [7, 11) is 4.10. The van der Waals surface area contributed by atoms with Crippen molar-refractivity contribution in [1.82, 2.24) is 5.32 Å². The van der Waals surface area contributed by atoms with Crippen molar-refractivity contribution in [2.24, 2.45) is 0 Å². The molecule has 2 N–H and O–H groups in total. The number of hydrogen-bond donors (Lipinski definition) is 2. The number of halogens is 3. The van der Waals surface area contributed by atoms with E-state index in [0.29, 0.717) is 27.4 Å². The molecule has 0 fully saturated rings. The zero-order valence-corrected chi connectivity index (χ0v) is 16.3. The van der Waals surface area contributed by atoms with Gasteiger partial charge in [0.25, 0.3) is 5.91 Å². The number of amides is 1. The molecule has 4 nitrogen and oxygen atoms in total. The first-order valence-electron chi connectivity index (χ1n) is 7.77. The van der Waals surface area contributed by atoms with Crippen molar-refractivity contribution in [2.75, 3.05) is 27.2 Å². The second-order valence-corrected chi connectivity index (χ2v) is 7.05. The van der Waals surface area contributed by atoms with Crippen LogP contribution < -0.4 is 15.0 Å². The van der Waals surface area contributed by atoms with Crippen molar-refractivity contribution in [3.63, 3.8) is 0 Å². The molecule has 0 aliphatic rings. The first-order chi connectivity index (χ1) is 11.9. The maximum Gasteiger partial charge on any atom is 0.258 e. The van der Waals surface area contributed by atoms with E-state index in [9.17, 15) is 4.79 Å². The molecule has 2 aromatic rings. The zero-order valence-electron chi connectivity index (χ0n) is 14.0. The summed E-state index contributed by atoms with van der Waals surface area (Å²) in [4.78, 5) is 13.3. The van der Waals surface area contributed by atoms with Crippen LogP contribution in [0.3, 0.4) is 0 Å². The Hall–Kier alpha value is -1.46. The lowest BCUT2D eigenvalue weighted by Crippen LogP contribution is -3.07. The summed E-state index contributed by atoms with van der Waals surface area (Å²) in [6.45, 7) is 0.353. The Balaban J connectivity index is 1.91. The lowest BCUT2D eigenvalue weighted by atomic mass is 10.1. The number of ether oxygens (including phenoxy) is 1. The molecule has 0 aliphatic carbocycles. The average molecular weight is 403 g/mol. The Kier molecular flexibility index (Phi) is 7.38. The number of hydrogen-bond acceptors (Lipinski definition) is 2. The molecule has 2 aromatic carbocycles. The van der Waals surface area contributed by atoms with E-state index in [1.54, 1.807) is 0 Å².